The minimum Gasteiger partial charge on any atom is -0.326 e. The van der Waals surface area contributed by atoms with Gasteiger partial charge in [-0.2, -0.15) is 4.31 Å². The maximum absolute atomic E-state index is 13.0. The second-order valence-corrected chi connectivity index (χ2v) is 8.96. The van der Waals surface area contributed by atoms with Crippen LogP contribution < -0.4 is 5.32 Å². The average Bonchev–Trinajstić information content (AvgIpc) is 3.06. The van der Waals surface area contributed by atoms with E-state index in [1.165, 1.54) is 5.56 Å². The molecule has 2 aromatic carbocycles. The molecule has 6 nitrogen and oxygen atoms in total. The summed E-state index contributed by atoms with van der Waals surface area (Å²) in [4.78, 5) is 14.1. The number of nitrogens with one attached hydrogen (secondary N) is 1. The van der Waals surface area contributed by atoms with Gasteiger partial charge < -0.3 is 10.2 Å². The van der Waals surface area contributed by atoms with Crippen LogP contribution in [-0.2, 0) is 27.7 Å². The number of rotatable bonds is 5. The number of amides is 1. The lowest BCUT2D eigenvalue weighted by molar-refractivity contribution is -0.115. The first-order valence-corrected chi connectivity index (χ1v) is 10.7. The lowest BCUT2D eigenvalue weighted by atomic mass is 10.1. The zero-order valence-corrected chi connectivity index (χ0v) is 15.9. The van der Waals surface area contributed by atoms with Crippen molar-refractivity contribution in [2.45, 2.75) is 17.7 Å². The third-order valence-electron chi connectivity index (χ3n) is 5.23. The molecule has 0 radical (unpaired) electrons. The van der Waals surface area contributed by atoms with Crippen molar-refractivity contribution in [3.63, 3.8) is 0 Å². The molecule has 0 atom stereocenters. The Morgan fingerprint density at radius 1 is 0.963 bits per heavy atom. The van der Waals surface area contributed by atoms with Gasteiger partial charge in [-0.1, -0.05) is 30.3 Å². The predicted molar refractivity (Wildman–Crippen MR) is 104 cm³/mol. The number of carbonyl (C=O) groups excluding carboxylic acids is 1. The van der Waals surface area contributed by atoms with E-state index in [9.17, 15) is 13.2 Å². The molecule has 2 aromatic rings. The van der Waals surface area contributed by atoms with E-state index in [1.807, 2.05) is 18.2 Å². The molecule has 4 rings (SSSR count). The van der Waals surface area contributed by atoms with Crippen LogP contribution in [0, 0.1) is 0 Å². The lowest BCUT2D eigenvalue weighted by Crippen LogP contribution is -2.49. The fourth-order valence-corrected chi connectivity index (χ4v) is 5.11. The van der Waals surface area contributed by atoms with Crippen LogP contribution in [-0.4, -0.2) is 56.3 Å². The molecular formula is C20H23N3O3S. The molecule has 0 aliphatic carbocycles. The highest BCUT2D eigenvalue weighted by molar-refractivity contribution is 7.89. The summed E-state index contributed by atoms with van der Waals surface area (Å²) in [6.07, 6.45) is 1.21. The Hall–Kier alpha value is -2.22. The molecule has 27 heavy (non-hydrogen) atoms. The molecule has 7 heteroatoms. The molecule has 0 bridgehead atoms. The smallest absolute Gasteiger partial charge is 0.243 e. The van der Waals surface area contributed by atoms with Crippen molar-refractivity contribution in [1.29, 1.82) is 0 Å². The number of benzene rings is 2. The molecule has 0 saturated carbocycles. The zero-order chi connectivity index (χ0) is 18.9. The number of nitrogens with zero attached hydrogens (tertiary/aromatic N) is 2. The zero-order valence-electron chi connectivity index (χ0n) is 15.1. The third kappa shape index (κ3) is 3.90. The topological polar surface area (TPSA) is 69.7 Å². The Morgan fingerprint density at radius 3 is 2.44 bits per heavy atom. The van der Waals surface area contributed by atoms with Gasteiger partial charge >= 0.3 is 0 Å². The SMILES string of the molecule is O=C1Cc2cc(S(=O)(=O)N3CCN(CCc4ccccc4)CC3)ccc2N1. The molecule has 2 heterocycles. The van der Waals surface area contributed by atoms with E-state index in [1.54, 1.807) is 22.5 Å². The minimum absolute atomic E-state index is 0.0911. The predicted octanol–water partition coefficient (Wildman–Crippen LogP) is 1.73. The Labute approximate surface area is 159 Å². The standard InChI is InChI=1S/C20H23N3O3S/c24-20-15-17-14-18(6-7-19(17)21-20)27(25,26)23-12-10-22(11-13-23)9-8-16-4-2-1-3-5-16/h1-7,14H,8-13,15H2,(H,21,24). The van der Waals surface area contributed by atoms with Gasteiger partial charge in [0.05, 0.1) is 11.3 Å². The largest absolute Gasteiger partial charge is 0.326 e. The van der Waals surface area contributed by atoms with Crippen LogP contribution in [0.25, 0.3) is 0 Å². The van der Waals surface area contributed by atoms with Crippen LogP contribution in [0.3, 0.4) is 0 Å². The Balaban J connectivity index is 1.37. The number of fused-ring (bicyclic) bond motifs is 1. The van der Waals surface area contributed by atoms with E-state index in [0.29, 0.717) is 18.8 Å². The quantitative estimate of drug-likeness (QED) is 0.851. The van der Waals surface area contributed by atoms with Crippen molar-refractivity contribution in [3.8, 4) is 0 Å². The van der Waals surface area contributed by atoms with Crippen LogP contribution in [0.5, 0.6) is 0 Å². The number of hydrogen-bond acceptors (Lipinski definition) is 4. The number of anilines is 1. The number of hydrogen-bond donors (Lipinski definition) is 1. The van der Waals surface area contributed by atoms with Gasteiger partial charge in [-0.15, -0.1) is 0 Å². The summed E-state index contributed by atoms with van der Waals surface area (Å²) in [6, 6.07) is 15.2. The molecule has 2 aliphatic rings. The lowest BCUT2D eigenvalue weighted by Gasteiger charge is -2.34. The monoisotopic (exact) mass is 385 g/mol. The van der Waals surface area contributed by atoms with E-state index in [2.05, 4.69) is 22.3 Å². The van der Waals surface area contributed by atoms with Crippen LogP contribution in [0.15, 0.2) is 53.4 Å². The number of carbonyl (C=O) groups is 1. The Bertz CT molecular complexity index is 936. The van der Waals surface area contributed by atoms with Gasteiger partial charge in [0.1, 0.15) is 0 Å². The first-order chi connectivity index (χ1) is 13.0. The van der Waals surface area contributed by atoms with Crippen LogP contribution in [0.4, 0.5) is 5.69 Å². The third-order valence-corrected chi connectivity index (χ3v) is 7.13. The van der Waals surface area contributed by atoms with Crippen molar-refractivity contribution in [3.05, 3.63) is 59.7 Å². The van der Waals surface area contributed by atoms with Crippen molar-refractivity contribution in [2.75, 3.05) is 38.0 Å². The summed E-state index contributed by atoms with van der Waals surface area (Å²) in [5, 5.41) is 2.73. The van der Waals surface area contributed by atoms with E-state index < -0.39 is 10.0 Å². The molecule has 1 fully saturated rings. The molecule has 0 unspecified atom stereocenters. The summed E-state index contributed by atoms with van der Waals surface area (Å²) >= 11 is 0. The average molecular weight is 385 g/mol. The first kappa shape index (κ1) is 18.2. The molecule has 2 aliphatic heterocycles. The van der Waals surface area contributed by atoms with Crippen LogP contribution >= 0.6 is 0 Å². The maximum atomic E-state index is 13.0. The number of piperazine rings is 1. The second kappa shape index (κ2) is 7.42. The van der Waals surface area contributed by atoms with E-state index in [4.69, 9.17) is 0 Å². The normalized spacial score (nSPS) is 18.3. The Kier molecular flexibility index (Phi) is 4.99. The summed E-state index contributed by atoms with van der Waals surface area (Å²) in [5.74, 6) is -0.0911. The van der Waals surface area contributed by atoms with E-state index >= 15 is 0 Å². The van der Waals surface area contributed by atoms with Gasteiger partial charge in [0.15, 0.2) is 0 Å². The highest BCUT2D eigenvalue weighted by Crippen LogP contribution is 2.27. The van der Waals surface area contributed by atoms with Crippen molar-refractivity contribution >= 4 is 21.6 Å². The minimum atomic E-state index is -3.52. The summed E-state index contributed by atoms with van der Waals surface area (Å²) in [6.45, 7) is 3.38. The van der Waals surface area contributed by atoms with Gasteiger partial charge in [-0.25, -0.2) is 8.42 Å². The van der Waals surface area contributed by atoms with E-state index in [0.717, 1.165) is 31.6 Å². The van der Waals surface area contributed by atoms with Crippen molar-refractivity contribution in [2.24, 2.45) is 0 Å². The summed E-state index contributed by atoms with van der Waals surface area (Å²) in [5.41, 5.74) is 2.76. The van der Waals surface area contributed by atoms with Gasteiger partial charge in [0.2, 0.25) is 15.9 Å². The van der Waals surface area contributed by atoms with Gasteiger partial charge in [0, 0.05) is 38.4 Å². The highest BCUT2D eigenvalue weighted by atomic mass is 32.2. The molecular weight excluding hydrogens is 362 g/mol. The van der Waals surface area contributed by atoms with Crippen molar-refractivity contribution < 1.29 is 13.2 Å². The first-order valence-electron chi connectivity index (χ1n) is 9.21. The molecule has 1 amide bonds. The highest BCUT2D eigenvalue weighted by Gasteiger charge is 2.29. The number of sulfonamides is 1. The van der Waals surface area contributed by atoms with Gasteiger partial charge in [-0.3, -0.25) is 4.79 Å². The van der Waals surface area contributed by atoms with Gasteiger partial charge in [-0.05, 0) is 35.7 Å². The Morgan fingerprint density at radius 2 is 1.70 bits per heavy atom. The molecule has 0 aromatic heterocycles. The molecule has 142 valence electrons. The van der Waals surface area contributed by atoms with Crippen LogP contribution in [0.1, 0.15) is 11.1 Å². The van der Waals surface area contributed by atoms with Crippen LogP contribution in [0.2, 0.25) is 0 Å². The summed E-state index contributed by atoms with van der Waals surface area (Å²) in [7, 11) is -3.52. The summed E-state index contributed by atoms with van der Waals surface area (Å²) < 4.78 is 27.5. The van der Waals surface area contributed by atoms with Gasteiger partial charge in [0.25, 0.3) is 0 Å². The van der Waals surface area contributed by atoms with Crippen molar-refractivity contribution in [1.82, 2.24) is 9.21 Å². The molecule has 1 saturated heterocycles. The molecule has 0 spiro atoms. The second-order valence-electron chi connectivity index (χ2n) is 7.03. The fourth-order valence-electron chi connectivity index (χ4n) is 3.64. The van der Waals surface area contributed by atoms with E-state index in [-0.39, 0.29) is 17.2 Å². The molecule has 1 N–H and O–H groups in total. The maximum Gasteiger partial charge on any atom is 0.243 e. The fraction of sp³-hybridized carbons (Fsp3) is 0.350.